The van der Waals surface area contributed by atoms with E-state index in [2.05, 4.69) is 30.1 Å². The van der Waals surface area contributed by atoms with Crippen molar-refractivity contribution in [2.24, 2.45) is 0 Å². The Morgan fingerprint density at radius 3 is 2.38 bits per heavy atom. The summed E-state index contributed by atoms with van der Waals surface area (Å²) in [5, 5.41) is 3.55. The second-order valence-corrected chi connectivity index (χ2v) is 6.09. The van der Waals surface area contributed by atoms with Crippen molar-refractivity contribution in [3.63, 3.8) is 0 Å². The van der Waals surface area contributed by atoms with Crippen LogP contribution in [0.25, 0.3) is 0 Å². The summed E-state index contributed by atoms with van der Waals surface area (Å²) in [5.41, 5.74) is 0. The fourth-order valence-corrected chi connectivity index (χ4v) is 3.14. The van der Waals surface area contributed by atoms with Gasteiger partial charge < -0.3 is 15.1 Å². The summed E-state index contributed by atoms with van der Waals surface area (Å²) in [6.45, 7) is 6.31. The van der Waals surface area contributed by atoms with Gasteiger partial charge in [-0.1, -0.05) is 6.42 Å². The summed E-state index contributed by atoms with van der Waals surface area (Å²) >= 11 is 6.02. The van der Waals surface area contributed by atoms with E-state index >= 15 is 0 Å². The van der Waals surface area contributed by atoms with Gasteiger partial charge in [0, 0.05) is 26.2 Å². The SMILES string of the molecule is Clc1nc(NCCN2CCCCC2)nc(N2CCCC2)n1. The molecule has 0 atom stereocenters. The number of nitrogens with one attached hydrogen (secondary N) is 1. The zero-order valence-electron chi connectivity index (χ0n) is 12.4. The number of anilines is 2. The highest BCUT2D eigenvalue weighted by molar-refractivity contribution is 6.28. The molecule has 0 unspecified atom stereocenters. The molecule has 21 heavy (non-hydrogen) atoms. The minimum atomic E-state index is 0.271. The monoisotopic (exact) mass is 310 g/mol. The summed E-state index contributed by atoms with van der Waals surface area (Å²) < 4.78 is 0. The molecule has 0 amide bonds. The Morgan fingerprint density at radius 1 is 0.905 bits per heavy atom. The molecule has 2 saturated heterocycles. The summed E-state index contributed by atoms with van der Waals surface area (Å²) in [5.74, 6) is 1.29. The number of nitrogens with zero attached hydrogens (tertiary/aromatic N) is 5. The van der Waals surface area contributed by atoms with Gasteiger partial charge in [0.1, 0.15) is 0 Å². The van der Waals surface area contributed by atoms with Gasteiger partial charge in [0.25, 0.3) is 0 Å². The fourth-order valence-electron chi connectivity index (χ4n) is 2.99. The molecule has 2 fully saturated rings. The predicted molar refractivity (Wildman–Crippen MR) is 85.1 cm³/mol. The quantitative estimate of drug-likeness (QED) is 0.898. The third-order valence-electron chi connectivity index (χ3n) is 4.15. The molecule has 2 aliphatic heterocycles. The normalized spacial score (nSPS) is 20.0. The van der Waals surface area contributed by atoms with Crippen LogP contribution in [0.15, 0.2) is 0 Å². The van der Waals surface area contributed by atoms with E-state index in [4.69, 9.17) is 11.6 Å². The van der Waals surface area contributed by atoms with Gasteiger partial charge in [-0.05, 0) is 50.4 Å². The van der Waals surface area contributed by atoms with E-state index in [-0.39, 0.29) is 5.28 Å². The van der Waals surface area contributed by atoms with Crippen LogP contribution in [0, 0.1) is 0 Å². The van der Waals surface area contributed by atoms with Crippen molar-refractivity contribution in [1.29, 1.82) is 0 Å². The number of hydrogen-bond acceptors (Lipinski definition) is 6. The molecule has 0 bridgehead atoms. The Balaban J connectivity index is 1.54. The van der Waals surface area contributed by atoms with E-state index in [1.807, 2.05) is 0 Å². The van der Waals surface area contributed by atoms with Crippen molar-refractivity contribution in [2.75, 3.05) is 49.5 Å². The van der Waals surface area contributed by atoms with Gasteiger partial charge in [-0.2, -0.15) is 15.0 Å². The van der Waals surface area contributed by atoms with Crippen LogP contribution < -0.4 is 10.2 Å². The van der Waals surface area contributed by atoms with Crippen LogP contribution in [0.4, 0.5) is 11.9 Å². The average Bonchev–Trinajstić information content (AvgIpc) is 3.02. The zero-order chi connectivity index (χ0) is 14.5. The third kappa shape index (κ3) is 4.17. The molecule has 3 rings (SSSR count). The predicted octanol–water partition coefficient (Wildman–Crippen LogP) is 2.02. The highest BCUT2D eigenvalue weighted by Gasteiger charge is 2.17. The number of halogens is 1. The van der Waals surface area contributed by atoms with E-state index in [9.17, 15) is 0 Å². The number of likely N-dealkylation sites (tertiary alicyclic amines) is 1. The van der Waals surface area contributed by atoms with Crippen molar-refractivity contribution in [3.05, 3.63) is 5.28 Å². The number of rotatable bonds is 5. The van der Waals surface area contributed by atoms with Gasteiger partial charge in [0.15, 0.2) is 0 Å². The highest BCUT2D eigenvalue weighted by Crippen LogP contribution is 2.18. The number of hydrogen-bond donors (Lipinski definition) is 1. The molecule has 2 aliphatic rings. The lowest BCUT2D eigenvalue weighted by Gasteiger charge is -2.26. The standard InChI is InChI=1S/C14H23ClN6/c15-12-17-13(16-6-11-20-7-2-1-3-8-20)19-14(18-12)21-9-4-5-10-21/h1-11H2,(H,16,17,18,19). The third-order valence-corrected chi connectivity index (χ3v) is 4.31. The molecule has 3 heterocycles. The number of piperidine rings is 1. The first-order chi connectivity index (χ1) is 10.3. The second-order valence-electron chi connectivity index (χ2n) is 5.75. The fraction of sp³-hybridized carbons (Fsp3) is 0.786. The van der Waals surface area contributed by atoms with E-state index in [0.29, 0.717) is 11.9 Å². The van der Waals surface area contributed by atoms with Crippen LogP contribution >= 0.6 is 11.6 Å². The molecule has 1 N–H and O–H groups in total. The molecule has 0 saturated carbocycles. The maximum atomic E-state index is 6.02. The lowest BCUT2D eigenvalue weighted by molar-refractivity contribution is 0.237. The minimum Gasteiger partial charge on any atom is -0.353 e. The zero-order valence-corrected chi connectivity index (χ0v) is 13.1. The molecule has 0 aromatic carbocycles. The Morgan fingerprint density at radius 2 is 1.62 bits per heavy atom. The first-order valence-corrected chi connectivity index (χ1v) is 8.32. The Labute approximate surface area is 130 Å². The largest absolute Gasteiger partial charge is 0.353 e. The van der Waals surface area contributed by atoms with Gasteiger partial charge in [-0.15, -0.1) is 0 Å². The lowest BCUT2D eigenvalue weighted by atomic mass is 10.1. The Hall–Kier alpha value is -1.14. The van der Waals surface area contributed by atoms with Gasteiger partial charge >= 0.3 is 0 Å². The van der Waals surface area contributed by atoms with Crippen molar-refractivity contribution < 1.29 is 0 Å². The molecule has 0 spiro atoms. The van der Waals surface area contributed by atoms with Crippen LogP contribution in [-0.4, -0.2) is 59.1 Å². The van der Waals surface area contributed by atoms with Crippen LogP contribution in [0.2, 0.25) is 5.28 Å². The molecule has 1 aromatic heterocycles. The van der Waals surface area contributed by atoms with Crippen LogP contribution in [0.5, 0.6) is 0 Å². The maximum Gasteiger partial charge on any atom is 0.231 e. The summed E-state index contributed by atoms with van der Waals surface area (Å²) in [4.78, 5) is 17.6. The van der Waals surface area contributed by atoms with Crippen LogP contribution in [0.1, 0.15) is 32.1 Å². The molecular formula is C14H23ClN6. The van der Waals surface area contributed by atoms with Gasteiger partial charge in [-0.3, -0.25) is 0 Å². The van der Waals surface area contributed by atoms with E-state index in [1.54, 1.807) is 0 Å². The molecule has 0 aliphatic carbocycles. The topological polar surface area (TPSA) is 57.2 Å². The van der Waals surface area contributed by atoms with Crippen molar-refractivity contribution in [2.45, 2.75) is 32.1 Å². The van der Waals surface area contributed by atoms with E-state index < -0.39 is 0 Å². The summed E-state index contributed by atoms with van der Waals surface area (Å²) in [6.07, 6.45) is 6.39. The number of aromatic nitrogens is 3. The van der Waals surface area contributed by atoms with Crippen molar-refractivity contribution in [3.8, 4) is 0 Å². The summed E-state index contributed by atoms with van der Waals surface area (Å²) in [6, 6.07) is 0. The summed E-state index contributed by atoms with van der Waals surface area (Å²) in [7, 11) is 0. The maximum absolute atomic E-state index is 6.02. The molecule has 6 nitrogen and oxygen atoms in total. The molecule has 116 valence electrons. The van der Waals surface area contributed by atoms with Gasteiger partial charge in [0.2, 0.25) is 17.2 Å². The Kier molecular flexibility index (Phi) is 5.08. The first kappa shape index (κ1) is 14.8. The van der Waals surface area contributed by atoms with Gasteiger partial charge in [0.05, 0.1) is 0 Å². The minimum absolute atomic E-state index is 0.271. The second kappa shape index (κ2) is 7.22. The van der Waals surface area contributed by atoms with E-state index in [0.717, 1.165) is 26.2 Å². The van der Waals surface area contributed by atoms with Crippen LogP contribution in [-0.2, 0) is 0 Å². The first-order valence-electron chi connectivity index (χ1n) is 7.94. The van der Waals surface area contributed by atoms with Crippen LogP contribution in [0.3, 0.4) is 0 Å². The highest BCUT2D eigenvalue weighted by atomic mass is 35.5. The molecule has 7 heteroatoms. The lowest BCUT2D eigenvalue weighted by Crippen LogP contribution is -2.34. The van der Waals surface area contributed by atoms with Crippen molar-refractivity contribution in [1.82, 2.24) is 19.9 Å². The average molecular weight is 311 g/mol. The van der Waals surface area contributed by atoms with Crippen molar-refractivity contribution >= 4 is 23.5 Å². The molecule has 1 aromatic rings. The molecule has 0 radical (unpaired) electrons. The Bertz CT molecular complexity index is 457. The smallest absolute Gasteiger partial charge is 0.231 e. The van der Waals surface area contributed by atoms with Gasteiger partial charge in [-0.25, -0.2) is 0 Å². The van der Waals surface area contributed by atoms with E-state index in [1.165, 1.54) is 45.2 Å². The molecular weight excluding hydrogens is 288 g/mol.